The molecule has 0 amide bonds. The van der Waals surface area contributed by atoms with Crippen molar-refractivity contribution in [2.75, 3.05) is 0 Å². The van der Waals surface area contributed by atoms with E-state index in [1.807, 2.05) is 0 Å². The molecule has 0 atom stereocenters. The van der Waals surface area contributed by atoms with E-state index >= 15 is 0 Å². The highest BCUT2D eigenvalue weighted by atomic mass is 19.1. The summed E-state index contributed by atoms with van der Waals surface area (Å²) in [7, 11) is 0. The molecule has 1 aromatic rings. The van der Waals surface area contributed by atoms with E-state index in [9.17, 15) is 8.78 Å². The van der Waals surface area contributed by atoms with Crippen molar-refractivity contribution in [3.05, 3.63) is 41.5 Å². The first-order valence-corrected chi connectivity index (χ1v) is 3.46. The monoisotopic (exact) mass is 170 g/mol. The lowest BCUT2D eigenvalue weighted by molar-refractivity contribution is 0.499. The van der Waals surface area contributed by atoms with E-state index in [4.69, 9.17) is 5.11 Å². The highest BCUT2D eigenvalue weighted by Crippen LogP contribution is 2.16. The van der Waals surface area contributed by atoms with Crippen LogP contribution in [0.2, 0.25) is 0 Å². The van der Waals surface area contributed by atoms with Gasteiger partial charge in [-0.3, -0.25) is 0 Å². The second-order valence-electron chi connectivity index (χ2n) is 2.30. The van der Waals surface area contributed by atoms with Crippen LogP contribution in [-0.2, 0) is 0 Å². The molecular formula is C9H8F2O. The first-order valence-electron chi connectivity index (χ1n) is 3.46. The summed E-state index contributed by atoms with van der Waals surface area (Å²) >= 11 is 0. The van der Waals surface area contributed by atoms with E-state index in [2.05, 4.69) is 0 Å². The Kier molecular flexibility index (Phi) is 2.43. The van der Waals surface area contributed by atoms with Crippen molar-refractivity contribution in [1.82, 2.24) is 0 Å². The van der Waals surface area contributed by atoms with Crippen LogP contribution in [0.15, 0.2) is 24.3 Å². The average Bonchev–Trinajstić information content (AvgIpc) is 2.03. The molecule has 1 aromatic carbocycles. The predicted octanol–water partition coefficient (Wildman–Crippen LogP) is 2.88. The molecule has 0 saturated carbocycles. The van der Waals surface area contributed by atoms with Crippen molar-refractivity contribution in [3.8, 4) is 0 Å². The zero-order chi connectivity index (χ0) is 9.14. The third kappa shape index (κ3) is 1.61. The zero-order valence-corrected chi connectivity index (χ0v) is 6.51. The Hall–Kier alpha value is -1.38. The molecule has 0 heterocycles. The molecule has 0 spiro atoms. The third-order valence-corrected chi connectivity index (χ3v) is 1.48. The Balaban J connectivity index is 3.18. The molecule has 0 saturated heterocycles. The maximum Gasteiger partial charge on any atom is 0.137 e. The van der Waals surface area contributed by atoms with Crippen LogP contribution in [0.1, 0.15) is 12.5 Å². The number of aliphatic hydroxyl groups is 1. The van der Waals surface area contributed by atoms with Crippen molar-refractivity contribution in [1.29, 1.82) is 0 Å². The smallest absolute Gasteiger partial charge is 0.137 e. The Morgan fingerprint density at radius 1 is 1.42 bits per heavy atom. The average molecular weight is 170 g/mol. The summed E-state index contributed by atoms with van der Waals surface area (Å²) in [5.74, 6) is -1.60. The molecule has 64 valence electrons. The predicted molar refractivity (Wildman–Crippen MR) is 42.6 cm³/mol. The summed E-state index contributed by atoms with van der Waals surface area (Å²) in [5, 5.41) is 9.10. The van der Waals surface area contributed by atoms with E-state index in [1.54, 1.807) is 6.92 Å². The minimum atomic E-state index is -0.759. The number of allylic oxidation sites excluding steroid dienone is 1. The Morgan fingerprint density at radius 3 is 2.58 bits per heavy atom. The molecule has 1 N–H and O–H groups in total. The highest BCUT2D eigenvalue weighted by Gasteiger charge is 2.05. The van der Waals surface area contributed by atoms with Crippen LogP contribution in [0.25, 0.3) is 5.76 Å². The van der Waals surface area contributed by atoms with E-state index in [1.165, 1.54) is 12.1 Å². The molecular weight excluding hydrogens is 162 g/mol. The Labute approximate surface area is 69.0 Å². The van der Waals surface area contributed by atoms with Crippen LogP contribution in [0.3, 0.4) is 0 Å². The van der Waals surface area contributed by atoms with Crippen molar-refractivity contribution in [2.24, 2.45) is 0 Å². The number of rotatable bonds is 1. The molecule has 0 aliphatic carbocycles. The maximum atomic E-state index is 12.8. The number of hydrogen-bond donors (Lipinski definition) is 1. The number of halogens is 2. The third-order valence-electron chi connectivity index (χ3n) is 1.48. The topological polar surface area (TPSA) is 20.2 Å². The Morgan fingerprint density at radius 2 is 2.08 bits per heavy atom. The maximum absolute atomic E-state index is 12.8. The lowest BCUT2D eigenvalue weighted by atomic mass is 10.1. The van der Waals surface area contributed by atoms with Crippen LogP contribution in [0, 0.1) is 11.6 Å². The van der Waals surface area contributed by atoms with Crippen molar-refractivity contribution in [3.63, 3.8) is 0 Å². The molecule has 3 heteroatoms. The molecule has 0 aromatic heterocycles. The second-order valence-corrected chi connectivity index (χ2v) is 2.30. The molecule has 0 aliphatic heterocycles. The summed E-state index contributed by atoms with van der Waals surface area (Å²) in [6.07, 6.45) is 1.34. The van der Waals surface area contributed by atoms with Crippen LogP contribution in [0.5, 0.6) is 0 Å². The molecule has 0 radical (unpaired) electrons. The lowest BCUT2D eigenvalue weighted by Crippen LogP contribution is -1.89. The summed E-state index contributed by atoms with van der Waals surface area (Å²) in [4.78, 5) is 0. The van der Waals surface area contributed by atoms with Gasteiger partial charge in [0.2, 0.25) is 0 Å². The van der Waals surface area contributed by atoms with Gasteiger partial charge in [-0.15, -0.1) is 0 Å². The number of aliphatic hydroxyl groups excluding tert-OH is 1. The quantitative estimate of drug-likeness (QED) is 0.642. The first kappa shape index (κ1) is 8.71. The van der Waals surface area contributed by atoms with Gasteiger partial charge < -0.3 is 5.11 Å². The van der Waals surface area contributed by atoms with Crippen LogP contribution in [-0.4, -0.2) is 5.11 Å². The van der Waals surface area contributed by atoms with Gasteiger partial charge in [-0.05, 0) is 25.1 Å². The standard InChI is InChI=1S/C9H8F2O/c1-2-9(12)7-4-3-6(10)5-8(7)11/h2-5,12H,1H3. The van der Waals surface area contributed by atoms with Crippen LogP contribution < -0.4 is 0 Å². The number of hydrogen-bond acceptors (Lipinski definition) is 1. The van der Waals surface area contributed by atoms with E-state index in [0.717, 1.165) is 12.1 Å². The minimum Gasteiger partial charge on any atom is -0.508 e. The van der Waals surface area contributed by atoms with Gasteiger partial charge >= 0.3 is 0 Å². The number of benzene rings is 1. The normalized spacial score (nSPS) is 11.8. The van der Waals surface area contributed by atoms with Crippen molar-refractivity contribution in [2.45, 2.75) is 6.92 Å². The van der Waals surface area contributed by atoms with Gasteiger partial charge in [0, 0.05) is 6.07 Å². The summed E-state index contributed by atoms with van der Waals surface area (Å²) < 4.78 is 25.2. The molecule has 12 heavy (non-hydrogen) atoms. The van der Waals surface area contributed by atoms with Crippen molar-refractivity contribution < 1.29 is 13.9 Å². The fourth-order valence-electron chi connectivity index (χ4n) is 0.853. The van der Waals surface area contributed by atoms with E-state index in [-0.39, 0.29) is 11.3 Å². The minimum absolute atomic E-state index is 0.0129. The van der Waals surface area contributed by atoms with E-state index < -0.39 is 11.6 Å². The van der Waals surface area contributed by atoms with Gasteiger partial charge in [-0.2, -0.15) is 0 Å². The van der Waals surface area contributed by atoms with Gasteiger partial charge in [0.25, 0.3) is 0 Å². The first-order chi connectivity index (χ1) is 5.65. The largest absolute Gasteiger partial charge is 0.508 e. The molecule has 0 unspecified atom stereocenters. The fraction of sp³-hybridized carbons (Fsp3) is 0.111. The van der Waals surface area contributed by atoms with E-state index in [0.29, 0.717) is 0 Å². The molecule has 0 bridgehead atoms. The van der Waals surface area contributed by atoms with Gasteiger partial charge in [0.1, 0.15) is 17.4 Å². The zero-order valence-electron chi connectivity index (χ0n) is 6.51. The van der Waals surface area contributed by atoms with Crippen LogP contribution in [0.4, 0.5) is 8.78 Å². The highest BCUT2D eigenvalue weighted by molar-refractivity contribution is 5.58. The summed E-state index contributed by atoms with van der Waals surface area (Å²) in [5.41, 5.74) is 0.0129. The van der Waals surface area contributed by atoms with Gasteiger partial charge in [0.15, 0.2) is 0 Å². The van der Waals surface area contributed by atoms with Crippen molar-refractivity contribution >= 4 is 5.76 Å². The SMILES string of the molecule is CC=C(O)c1ccc(F)cc1F. The summed E-state index contributed by atoms with van der Waals surface area (Å²) in [6, 6.07) is 3.02. The fourth-order valence-corrected chi connectivity index (χ4v) is 0.853. The Bertz CT molecular complexity index is 318. The molecule has 0 aliphatic rings. The van der Waals surface area contributed by atoms with Gasteiger partial charge in [-0.1, -0.05) is 0 Å². The van der Waals surface area contributed by atoms with Gasteiger partial charge in [-0.25, -0.2) is 8.78 Å². The van der Waals surface area contributed by atoms with Gasteiger partial charge in [0.05, 0.1) is 5.56 Å². The molecule has 1 rings (SSSR count). The van der Waals surface area contributed by atoms with Crippen LogP contribution >= 0.6 is 0 Å². The summed E-state index contributed by atoms with van der Waals surface area (Å²) in [6.45, 7) is 1.57. The second kappa shape index (κ2) is 3.34. The lowest BCUT2D eigenvalue weighted by Gasteiger charge is -2.00. The molecule has 0 fully saturated rings. The molecule has 1 nitrogen and oxygen atoms in total.